The highest BCUT2D eigenvalue weighted by atomic mass is 16.4. The maximum atomic E-state index is 13.3. The largest absolute Gasteiger partial charge is 0.508 e. The minimum atomic E-state index is -1.19. The molecule has 0 heterocycles. The van der Waals surface area contributed by atoms with Crippen molar-refractivity contribution in [1.82, 2.24) is 16.0 Å². The number of carboxylic acid groups (broad SMARTS) is 1. The van der Waals surface area contributed by atoms with E-state index in [9.17, 15) is 29.4 Å². The van der Waals surface area contributed by atoms with Crippen LogP contribution in [0.1, 0.15) is 45.2 Å². The van der Waals surface area contributed by atoms with E-state index in [-0.39, 0.29) is 30.4 Å². The zero-order valence-corrected chi connectivity index (χ0v) is 22.9. The third-order valence-corrected chi connectivity index (χ3v) is 6.21. The maximum absolute atomic E-state index is 13.3. The lowest BCUT2D eigenvalue weighted by Gasteiger charge is -2.27. The zero-order chi connectivity index (χ0) is 29.1. The van der Waals surface area contributed by atoms with Gasteiger partial charge in [-0.1, -0.05) is 70.2 Å². The molecule has 2 aromatic rings. The summed E-state index contributed by atoms with van der Waals surface area (Å²) in [5, 5.41) is 27.1. The Balaban J connectivity index is 2.09. The highest BCUT2D eigenvalue weighted by molar-refractivity contribution is 5.94. The predicted molar refractivity (Wildman–Crippen MR) is 148 cm³/mol. The molecule has 3 amide bonds. The van der Waals surface area contributed by atoms with E-state index in [2.05, 4.69) is 16.0 Å². The second-order valence-corrected chi connectivity index (χ2v) is 10.5. The lowest BCUT2D eigenvalue weighted by molar-refractivity contribution is -0.142. The van der Waals surface area contributed by atoms with Gasteiger partial charge in [-0.25, -0.2) is 4.79 Å². The van der Waals surface area contributed by atoms with Gasteiger partial charge in [0.2, 0.25) is 17.7 Å². The fourth-order valence-corrected chi connectivity index (χ4v) is 4.06. The lowest BCUT2D eigenvalue weighted by atomic mass is 9.98. The van der Waals surface area contributed by atoms with E-state index in [0.29, 0.717) is 6.42 Å². The Morgan fingerprint density at radius 1 is 0.744 bits per heavy atom. The number of benzene rings is 2. The van der Waals surface area contributed by atoms with Gasteiger partial charge in [0.05, 0.1) is 6.04 Å². The summed E-state index contributed by atoms with van der Waals surface area (Å²) in [4.78, 5) is 51.1. The molecule has 212 valence electrons. The van der Waals surface area contributed by atoms with E-state index >= 15 is 0 Å². The van der Waals surface area contributed by atoms with E-state index in [0.717, 1.165) is 11.1 Å². The molecule has 0 radical (unpaired) electrons. The van der Waals surface area contributed by atoms with Crippen LogP contribution in [0.4, 0.5) is 0 Å². The molecule has 39 heavy (non-hydrogen) atoms. The van der Waals surface area contributed by atoms with Gasteiger partial charge < -0.3 is 31.9 Å². The summed E-state index contributed by atoms with van der Waals surface area (Å²) in [6.07, 6.45) is 0.602. The number of amides is 3. The Labute approximate surface area is 229 Å². The van der Waals surface area contributed by atoms with Crippen molar-refractivity contribution >= 4 is 23.7 Å². The molecule has 2 aromatic carbocycles. The van der Waals surface area contributed by atoms with Gasteiger partial charge in [0, 0.05) is 6.42 Å². The summed E-state index contributed by atoms with van der Waals surface area (Å²) in [7, 11) is 0. The van der Waals surface area contributed by atoms with Crippen molar-refractivity contribution in [3.8, 4) is 5.75 Å². The average molecular weight is 541 g/mol. The van der Waals surface area contributed by atoms with Gasteiger partial charge in [0.25, 0.3) is 0 Å². The first-order valence-corrected chi connectivity index (χ1v) is 13.1. The molecule has 4 unspecified atom stereocenters. The standard InChI is InChI=1S/C29H40N4O6/c1-17(2)14-23(31-26(35)22(30)15-20-10-12-21(34)13-11-20)27(36)33-25(18(3)4)28(37)32-24(29(38)39)16-19-8-6-5-7-9-19/h5-13,17-18,22-25,34H,14-16,30H2,1-4H3,(H,31,35)(H,32,37)(H,33,36)(H,38,39). The van der Waals surface area contributed by atoms with Gasteiger partial charge in [-0.15, -0.1) is 0 Å². The number of aliphatic carboxylic acids is 1. The molecule has 7 N–H and O–H groups in total. The summed E-state index contributed by atoms with van der Waals surface area (Å²) < 4.78 is 0. The molecule has 0 spiro atoms. The van der Waals surface area contributed by atoms with Crippen molar-refractivity contribution in [3.63, 3.8) is 0 Å². The first-order valence-electron chi connectivity index (χ1n) is 13.1. The first kappa shape index (κ1) is 31.3. The Morgan fingerprint density at radius 2 is 1.31 bits per heavy atom. The van der Waals surface area contributed by atoms with E-state index in [1.54, 1.807) is 50.2 Å². The molecule has 0 aromatic heterocycles. The van der Waals surface area contributed by atoms with Crippen molar-refractivity contribution in [1.29, 1.82) is 0 Å². The normalized spacial score (nSPS) is 14.2. The lowest BCUT2D eigenvalue weighted by Crippen LogP contribution is -2.59. The molecular formula is C29H40N4O6. The van der Waals surface area contributed by atoms with Gasteiger partial charge in [0.15, 0.2) is 0 Å². The zero-order valence-electron chi connectivity index (χ0n) is 22.9. The molecule has 2 rings (SSSR count). The van der Waals surface area contributed by atoms with Crippen LogP contribution in [0.5, 0.6) is 5.75 Å². The monoisotopic (exact) mass is 540 g/mol. The number of carbonyl (C=O) groups is 4. The van der Waals surface area contributed by atoms with Crippen LogP contribution in [-0.2, 0) is 32.0 Å². The number of rotatable bonds is 14. The number of phenols is 1. The van der Waals surface area contributed by atoms with E-state index in [1.165, 1.54) is 12.1 Å². The summed E-state index contributed by atoms with van der Waals surface area (Å²) in [5.74, 6) is -3.10. The van der Waals surface area contributed by atoms with Gasteiger partial charge in [-0.05, 0) is 47.9 Å². The van der Waals surface area contributed by atoms with Crippen molar-refractivity contribution in [2.75, 3.05) is 0 Å². The Morgan fingerprint density at radius 3 is 1.85 bits per heavy atom. The minimum absolute atomic E-state index is 0.0444. The second-order valence-electron chi connectivity index (χ2n) is 10.5. The molecule has 0 saturated carbocycles. The number of carbonyl (C=O) groups excluding carboxylic acids is 3. The van der Waals surface area contributed by atoms with Gasteiger partial charge in [-0.2, -0.15) is 0 Å². The number of phenolic OH excluding ortho intramolecular Hbond substituents is 1. The van der Waals surface area contributed by atoms with E-state index in [1.807, 2.05) is 19.9 Å². The summed E-state index contributed by atoms with van der Waals surface area (Å²) in [5.41, 5.74) is 7.58. The quantitative estimate of drug-likeness (QED) is 0.212. The molecule has 4 atom stereocenters. The molecule has 10 nitrogen and oxygen atoms in total. The van der Waals surface area contributed by atoms with Crippen molar-refractivity contribution in [3.05, 3.63) is 65.7 Å². The summed E-state index contributed by atoms with van der Waals surface area (Å²) in [6, 6.07) is 11.2. The molecule has 0 saturated heterocycles. The van der Waals surface area contributed by atoms with Crippen LogP contribution in [-0.4, -0.2) is 58.1 Å². The Hall–Kier alpha value is -3.92. The van der Waals surface area contributed by atoms with Crippen molar-refractivity contribution < 1.29 is 29.4 Å². The Kier molecular flexibility index (Phi) is 11.9. The number of aromatic hydroxyl groups is 1. The van der Waals surface area contributed by atoms with Gasteiger partial charge in [-0.3, -0.25) is 14.4 Å². The molecule has 10 heteroatoms. The van der Waals surface area contributed by atoms with Crippen molar-refractivity contribution in [2.45, 2.75) is 71.1 Å². The van der Waals surface area contributed by atoms with Gasteiger partial charge >= 0.3 is 5.97 Å². The highest BCUT2D eigenvalue weighted by Crippen LogP contribution is 2.12. The molecule has 0 bridgehead atoms. The highest BCUT2D eigenvalue weighted by Gasteiger charge is 2.32. The molecular weight excluding hydrogens is 500 g/mol. The summed E-state index contributed by atoms with van der Waals surface area (Å²) >= 11 is 0. The summed E-state index contributed by atoms with van der Waals surface area (Å²) in [6.45, 7) is 7.27. The van der Waals surface area contributed by atoms with Crippen LogP contribution < -0.4 is 21.7 Å². The fraction of sp³-hybridized carbons (Fsp3) is 0.448. The SMILES string of the molecule is CC(C)CC(NC(=O)C(N)Cc1ccc(O)cc1)C(=O)NC(C(=O)NC(Cc1ccccc1)C(=O)O)C(C)C. The molecule has 0 aliphatic carbocycles. The van der Waals surface area contributed by atoms with Crippen LogP contribution in [0.3, 0.4) is 0 Å². The number of hydrogen-bond acceptors (Lipinski definition) is 6. The number of carboxylic acids is 1. The molecule has 0 aliphatic heterocycles. The van der Waals surface area contributed by atoms with Crippen LogP contribution in [0.15, 0.2) is 54.6 Å². The van der Waals surface area contributed by atoms with Crippen LogP contribution in [0, 0.1) is 11.8 Å². The third kappa shape index (κ3) is 10.4. The van der Waals surface area contributed by atoms with Crippen LogP contribution in [0.2, 0.25) is 0 Å². The minimum Gasteiger partial charge on any atom is -0.508 e. The smallest absolute Gasteiger partial charge is 0.326 e. The van der Waals surface area contributed by atoms with E-state index < -0.39 is 47.9 Å². The second kappa shape index (κ2) is 14.9. The predicted octanol–water partition coefficient (Wildman–Crippen LogP) is 1.75. The van der Waals surface area contributed by atoms with Crippen LogP contribution in [0.25, 0.3) is 0 Å². The fourth-order valence-electron chi connectivity index (χ4n) is 4.06. The topological polar surface area (TPSA) is 171 Å². The number of nitrogens with one attached hydrogen (secondary N) is 3. The third-order valence-electron chi connectivity index (χ3n) is 6.21. The van der Waals surface area contributed by atoms with Gasteiger partial charge in [0.1, 0.15) is 23.9 Å². The molecule has 0 aliphatic rings. The van der Waals surface area contributed by atoms with E-state index in [4.69, 9.17) is 5.73 Å². The van der Waals surface area contributed by atoms with Crippen molar-refractivity contribution in [2.24, 2.45) is 17.6 Å². The maximum Gasteiger partial charge on any atom is 0.326 e. The number of nitrogens with two attached hydrogens (primary N) is 1. The average Bonchev–Trinajstić information content (AvgIpc) is 2.87. The Bertz CT molecular complexity index is 1100. The number of hydrogen-bond donors (Lipinski definition) is 6. The first-order chi connectivity index (χ1) is 18.4. The molecule has 0 fully saturated rings. The van der Waals surface area contributed by atoms with Crippen LogP contribution >= 0.6 is 0 Å².